The minimum atomic E-state index is -4.48. The highest BCUT2D eigenvalue weighted by Crippen LogP contribution is 2.34. The number of aromatic nitrogens is 2. The van der Waals surface area contributed by atoms with E-state index in [1.165, 1.54) is 10.7 Å². The van der Waals surface area contributed by atoms with Gasteiger partial charge in [0.15, 0.2) is 5.96 Å². The van der Waals surface area contributed by atoms with Crippen LogP contribution in [0.1, 0.15) is 35.4 Å². The molecule has 0 aliphatic heterocycles. The first kappa shape index (κ1) is 20.5. The molecule has 0 unspecified atom stereocenters. The van der Waals surface area contributed by atoms with Crippen LogP contribution in [0, 0.1) is 13.8 Å². The Kier molecular flexibility index (Phi) is 6.20. The largest absolute Gasteiger partial charge is 0.416 e. The Hall–Kier alpha value is -1.78. The number of hydrogen-bond donors (Lipinski definition) is 2. The third kappa shape index (κ3) is 4.89. The van der Waals surface area contributed by atoms with Crippen molar-refractivity contribution in [3.63, 3.8) is 0 Å². The highest BCUT2D eigenvalue weighted by molar-refractivity contribution is 14.0. The van der Waals surface area contributed by atoms with E-state index >= 15 is 0 Å². The molecule has 0 radical (unpaired) electrons. The number of rotatable bonds is 4. The molecule has 3 rings (SSSR count). The molecule has 142 valence electrons. The van der Waals surface area contributed by atoms with Gasteiger partial charge in [-0.05, 0) is 50.5 Å². The van der Waals surface area contributed by atoms with Gasteiger partial charge < -0.3 is 11.1 Å². The van der Waals surface area contributed by atoms with Gasteiger partial charge >= 0.3 is 6.18 Å². The highest BCUT2D eigenvalue weighted by Gasteiger charge is 2.34. The maximum atomic E-state index is 13.5. The molecule has 1 fully saturated rings. The zero-order chi connectivity index (χ0) is 18.2. The number of guanidine groups is 1. The minimum Gasteiger partial charge on any atom is -0.370 e. The zero-order valence-electron chi connectivity index (χ0n) is 14.5. The Labute approximate surface area is 166 Å². The molecule has 1 aromatic carbocycles. The average Bonchev–Trinajstić information content (AvgIpc) is 3.27. The summed E-state index contributed by atoms with van der Waals surface area (Å²) >= 11 is 0. The first-order chi connectivity index (χ1) is 11.7. The molecule has 1 heterocycles. The molecular formula is C17H21F3IN5. The summed E-state index contributed by atoms with van der Waals surface area (Å²) in [7, 11) is 0. The summed E-state index contributed by atoms with van der Waals surface area (Å²) in [4.78, 5) is 4.03. The Morgan fingerprint density at radius 3 is 2.54 bits per heavy atom. The van der Waals surface area contributed by atoms with Gasteiger partial charge in [-0.1, -0.05) is 6.07 Å². The van der Waals surface area contributed by atoms with Crippen molar-refractivity contribution < 1.29 is 13.2 Å². The molecule has 0 spiro atoms. The standard InChI is InChI=1S/C17H20F3N5.HI/c1-10-7-11(2)25(24-10)14-6-3-12(15(8-14)17(18,19)20)9-22-16(21)23-13-4-5-13;/h3,6-8,13H,4-5,9H2,1-2H3,(H3,21,22,23);1H. The van der Waals surface area contributed by atoms with Crippen LogP contribution in [0.25, 0.3) is 5.69 Å². The van der Waals surface area contributed by atoms with Crippen LogP contribution < -0.4 is 11.1 Å². The van der Waals surface area contributed by atoms with Crippen molar-refractivity contribution in [1.82, 2.24) is 15.1 Å². The summed E-state index contributed by atoms with van der Waals surface area (Å²) in [6, 6.07) is 6.27. The molecule has 0 amide bonds. The van der Waals surface area contributed by atoms with Gasteiger partial charge in [0, 0.05) is 11.7 Å². The van der Waals surface area contributed by atoms with Gasteiger partial charge in [-0.25, -0.2) is 9.67 Å². The van der Waals surface area contributed by atoms with Crippen LogP contribution in [-0.2, 0) is 12.7 Å². The summed E-state index contributed by atoms with van der Waals surface area (Å²) in [5.74, 6) is 0.179. The van der Waals surface area contributed by atoms with Gasteiger partial charge in [-0.2, -0.15) is 18.3 Å². The lowest BCUT2D eigenvalue weighted by Gasteiger charge is -2.14. The molecule has 3 N–H and O–H groups in total. The van der Waals surface area contributed by atoms with Crippen molar-refractivity contribution in [2.75, 3.05) is 0 Å². The van der Waals surface area contributed by atoms with E-state index in [1.54, 1.807) is 19.9 Å². The molecule has 1 saturated carbocycles. The van der Waals surface area contributed by atoms with Crippen molar-refractivity contribution >= 4 is 29.9 Å². The predicted molar refractivity (Wildman–Crippen MR) is 105 cm³/mol. The normalized spacial score (nSPS) is 14.9. The molecule has 1 aliphatic rings. The Morgan fingerprint density at radius 2 is 2.00 bits per heavy atom. The van der Waals surface area contributed by atoms with Gasteiger partial charge in [0.05, 0.1) is 23.5 Å². The van der Waals surface area contributed by atoms with Gasteiger partial charge in [-0.15, -0.1) is 24.0 Å². The Balaban J connectivity index is 0.00000243. The summed E-state index contributed by atoms with van der Waals surface area (Å²) in [5.41, 5.74) is 6.96. The van der Waals surface area contributed by atoms with Crippen molar-refractivity contribution in [1.29, 1.82) is 0 Å². The molecule has 0 bridgehead atoms. The van der Waals surface area contributed by atoms with Crippen LogP contribution in [0.2, 0.25) is 0 Å². The van der Waals surface area contributed by atoms with Crippen LogP contribution in [0.15, 0.2) is 29.3 Å². The van der Waals surface area contributed by atoms with Gasteiger partial charge in [0.25, 0.3) is 0 Å². The third-order valence-electron chi connectivity index (χ3n) is 4.00. The summed E-state index contributed by atoms with van der Waals surface area (Å²) in [6.07, 6.45) is -2.45. The van der Waals surface area contributed by atoms with Gasteiger partial charge in [0.2, 0.25) is 0 Å². The molecular weight excluding hydrogens is 458 g/mol. The Bertz CT molecular complexity index is 809. The highest BCUT2D eigenvalue weighted by atomic mass is 127. The monoisotopic (exact) mass is 479 g/mol. The SMILES string of the molecule is Cc1cc(C)n(-c2ccc(CN=C(N)NC3CC3)c(C(F)(F)F)c2)n1.I. The number of nitrogens with one attached hydrogen (secondary N) is 1. The molecule has 0 atom stereocenters. The van der Waals surface area contributed by atoms with Crippen LogP contribution >= 0.6 is 24.0 Å². The minimum absolute atomic E-state index is 0. The number of aliphatic imine (C=N–C) groups is 1. The first-order valence-corrected chi connectivity index (χ1v) is 8.04. The van der Waals surface area contributed by atoms with Crippen LogP contribution in [0.4, 0.5) is 13.2 Å². The van der Waals surface area contributed by atoms with Crippen LogP contribution in [0.5, 0.6) is 0 Å². The fourth-order valence-electron chi connectivity index (χ4n) is 2.64. The van der Waals surface area contributed by atoms with Gasteiger partial charge in [0.1, 0.15) is 0 Å². The van der Waals surface area contributed by atoms with E-state index in [9.17, 15) is 13.2 Å². The maximum Gasteiger partial charge on any atom is 0.416 e. The molecule has 9 heteroatoms. The van der Waals surface area contributed by atoms with E-state index in [1.807, 2.05) is 6.07 Å². The van der Waals surface area contributed by atoms with Crippen LogP contribution in [-0.4, -0.2) is 21.8 Å². The van der Waals surface area contributed by atoms with Crippen molar-refractivity contribution in [2.24, 2.45) is 10.7 Å². The number of alkyl halides is 3. The second-order valence-corrected chi connectivity index (χ2v) is 6.30. The summed E-state index contributed by atoms with van der Waals surface area (Å²) in [5, 5.41) is 7.20. The summed E-state index contributed by atoms with van der Waals surface area (Å²) in [6.45, 7) is 3.47. The second kappa shape index (κ2) is 7.85. The number of nitrogens with zero attached hydrogens (tertiary/aromatic N) is 3. The van der Waals surface area contributed by atoms with Crippen molar-refractivity contribution in [3.05, 3.63) is 46.8 Å². The number of aryl methyl sites for hydroxylation is 2. The molecule has 26 heavy (non-hydrogen) atoms. The molecule has 0 saturated heterocycles. The van der Waals surface area contributed by atoms with E-state index in [0.717, 1.165) is 30.3 Å². The lowest BCUT2D eigenvalue weighted by Crippen LogP contribution is -2.33. The smallest absolute Gasteiger partial charge is 0.370 e. The number of nitrogens with two attached hydrogens (primary N) is 1. The van der Waals surface area contributed by atoms with E-state index in [0.29, 0.717) is 11.7 Å². The molecule has 5 nitrogen and oxygen atoms in total. The Morgan fingerprint density at radius 1 is 1.31 bits per heavy atom. The zero-order valence-corrected chi connectivity index (χ0v) is 16.8. The van der Waals surface area contributed by atoms with E-state index < -0.39 is 11.7 Å². The second-order valence-electron chi connectivity index (χ2n) is 6.30. The third-order valence-corrected chi connectivity index (χ3v) is 4.00. The number of benzene rings is 1. The molecule has 1 aliphatic carbocycles. The van der Waals surface area contributed by atoms with E-state index in [2.05, 4.69) is 15.4 Å². The molecule has 2 aromatic rings. The van der Waals surface area contributed by atoms with Crippen LogP contribution in [0.3, 0.4) is 0 Å². The van der Waals surface area contributed by atoms with E-state index in [4.69, 9.17) is 5.73 Å². The molecule has 1 aromatic heterocycles. The van der Waals surface area contributed by atoms with E-state index in [-0.39, 0.29) is 42.0 Å². The predicted octanol–water partition coefficient (Wildman–Crippen LogP) is 3.69. The first-order valence-electron chi connectivity index (χ1n) is 8.04. The van der Waals surface area contributed by atoms with Crippen molar-refractivity contribution in [2.45, 2.75) is 45.5 Å². The quantitative estimate of drug-likeness (QED) is 0.400. The van der Waals surface area contributed by atoms with Crippen molar-refractivity contribution in [3.8, 4) is 5.69 Å². The average molecular weight is 479 g/mol. The van der Waals surface area contributed by atoms with Gasteiger partial charge in [-0.3, -0.25) is 0 Å². The number of halogens is 4. The maximum absolute atomic E-state index is 13.5. The lowest BCUT2D eigenvalue weighted by atomic mass is 10.1. The fraction of sp³-hybridized carbons (Fsp3) is 0.412. The summed E-state index contributed by atoms with van der Waals surface area (Å²) < 4.78 is 41.9. The fourth-order valence-corrected chi connectivity index (χ4v) is 2.64. The lowest BCUT2D eigenvalue weighted by molar-refractivity contribution is -0.138. The number of hydrogen-bond acceptors (Lipinski definition) is 2. The topological polar surface area (TPSA) is 68.2 Å².